The average molecular weight is 312 g/mol. The summed E-state index contributed by atoms with van der Waals surface area (Å²) in [6.07, 6.45) is 0.843. The Labute approximate surface area is 133 Å². The predicted molar refractivity (Wildman–Crippen MR) is 86.8 cm³/mol. The van der Waals surface area contributed by atoms with Crippen LogP contribution in [-0.2, 0) is 17.8 Å². The van der Waals surface area contributed by atoms with E-state index in [9.17, 15) is 9.18 Å². The monoisotopic (exact) mass is 312 g/mol. The molecule has 0 aliphatic carbocycles. The molecule has 4 nitrogen and oxygen atoms in total. The Morgan fingerprint density at radius 1 is 1.26 bits per heavy atom. The van der Waals surface area contributed by atoms with Crippen LogP contribution in [0.25, 0.3) is 22.4 Å². The van der Waals surface area contributed by atoms with E-state index < -0.39 is 5.97 Å². The largest absolute Gasteiger partial charge is 0.481 e. The van der Waals surface area contributed by atoms with E-state index in [2.05, 4.69) is 11.9 Å². The van der Waals surface area contributed by atoms with Gasteiger partial charge in [-0.05, 0) is 36.2 Å². The van der Waals surface area contributed by atoms with Gasteiger partial charge in [-0.15, -0.1) is 0 Å². The molecule has 0 saturated heterocycles. The number of aromatic nitrogens is 2. The fourth-order valence-electron chi connectivity index (χ4n) is 2.76. The number of halogens is 1. The molecule has 5 heteroatoms. The van der Waals surface area contributed by atoms with Gasteiger partial charge < -0.3 is 9.67 Å². The Morgan fingerprint density at radius 2 is 2.04 bits per heavy atom. The van der Waals surface area contributed by atoms with Crippen LogP contribution < -0.4 is 0 Å². The number of nitrogens with zero attached hydrogens (tertiary/aromatic N) is 2. The summed E-state index contributed by atoms with van der Waals surface area (Å²) in [6.45, 7) is 2.77. The molecular formula is C18H17FN2O2. The molecule has 1 N–H and O–H groups in total. The molecule has 0 spiro atoms. The van der Waals surface area contributed by atoms with Gasteiger partial charge in [-0.25, -0.2) is 9.37 Å². The number of aryl methyl sites for hydroxylation is 1. The molecule has 1 heterocycles. The number of carbonyl (C=O) groups is 1. The van der Waals surface area contributed by atoms with Crippen molar-refractivity contribution in [2.75, 3.05) is 0 Å². The molecule has 118 valence electrons. The van der Waals surface area contributed by atoms with Gasteiger partial charge in [0.25, 0.3) is 0 Å². The molecule has 2 aromatic carbocycles. The lowest BCUT2D eigenvalue weighted by Gasteiger charge is -2.08. The number of imidazole rings is 1. The summed E-state index contributed by atoms with van der Waals surface area (Å²) in [5.74, 6) is -0.620. The first-order chi connectivity index (χ1) is 11.1. The van der Waals surface area contributed by atoms with Crippen molar-refractivity contribution < 1.29 is 14.3 Å². The minimum absolute atomic E-state index is 0.0500. The predicted octanol–water partition coefficient (Wildman–Crippen LogP) is 3.88. The number of carboxylic acid groups (broad SMARTS) is 1. The van der Waals surface area contributed by atoms with Crippen LogP contribution in [0.15, 0.2) is 42.5 Å². The molecule has 0 radical (unpaired) electrons. The minimum Gasteiger partial charge on any atom is -0.481 e. The van der Waals surface area contributed by atoms with Crippen LogP contribution in [0.2, 0.25) is 0 Å². The lowest BCUT2D eigenvalue weighted by molar-refractivity contribution is -0.136. The van der Waals surface area contributed by atoms with E-state index >= 15 is 0 Å². The number of carboxylic acids is 1. The first-order valence-electron chi connectivity index (χ1n) is 7.56. The zero-order valence-electron chi connectivity index (χ0n) is 12.8. The summed E-state index contributed by atoms with van der Waals surface area (Å²) in [6, 6.07) is 12.0. The summed E-state index contributed by atoms with van der Waals surface area (Å²) < 4.78 is 16.1. The summed E-state index contributed by atoms with van der Waals surface area (Å²) in [5.41, 5.74) is 2.72. The SMILES string of the molecule is CCCn1c(-c2ccccc2F)nc2cc(CC(=O)O)ccc21. The zero-order chi connectivity index (χ0) is 16.4. The smallest absolute Gasteiger partial charge is 0.307 e. The van der Waals surface area contributed by atoms with Crippen molar-refractivity contribution >= 4 is 17.0 Å². The highest BCUT2D eigenvalue weighted by Crippen LogP contribution is 2.27. The van der Waals surface area contributed by atoms with Crippen LogP contribution in [0.1, 0.15) is 18.9 Å². The molecule has 0 fully saturated rings. The lowest BCUT2D eigenvalue weighted by atomic mass is 10.1. The highest BCUT2D eigenvalue weighted by atomic mass is 19.1. The maximum Gasteiger partial charge on any atom is 0.307 e. The van der Waals surface area contributed by atoms with E-state index in [0.717, 1.165) is 18.5 Å². The molecule has 0 unspecified atom stereocenters. The summed E-state index contributed by atoms with van der Waals surface area (Å²) in [7, 11) is 0. The van der Waals surface area contributed by atoms with Crippen LogP contribution in [-0.4, -0.2) is 20.6 Å². The second-order valence-electron chi connectivity index (χ2n) is 5.46. The van der Waals surface area contributed by atoms with E-state index in [1.54, 1.807) is 30.3 Å². The fraction of sp³-hybridized carbons (Fsp3) is 0.222. The van der Waals surface area contributed by atoms with Crippen molar-refractivity contribution in [1.29, 1.82) is 0 Å². The van der Waals surface area contributed by atoms with E-state index in [1.165, 1.54) is 6.07 Å². The number of fused-ring (bicyclic) bond motifs is 1. The second-order valence-corrected chi connectivity index (χ2v) is 5.46. The molecule has 0 aliphatic heterocycles. The molecule has 0 atom stereocenters. The van der Waals surface area contributed by atoms with Gasteiger partial charge >= 0.3 is 5.97 Å². The zero-order valence-corrected chi connectivity index (χ0v) is 12.8. The van der Waals surface area contributed by atoms with Crippen molar-refractivity contribution in [3.8, 4) is 11.4 Å². The molecule has 0 saturated carbocycles. The third kappa shape index (κ3) is 2.95. The van der Waals surface area contributed by atoms with Crippen LogP contribution in [0, 0.1) is 5.82 Å². The third-order valence-corrected chi connectivity index (χ3v) is 3.73. The first kappa shape index (κ1) is 15.2. The highest BCUT2D eigenvalue weighted by Gasteiger charge is 2.15. The Kier molecular flexibility index (Phi) is 4.10. The molecule has 3 rings (SSSR count). The third-order valence-electron chi connectivity index (χ3n) is 3.73. The summed E-state index contributed by atoms with van der Waals surface area (Å²) >= 11 is 0. The number of aliphatic carboxylic acids is 1. The van der Waals surface area contributed by atoms with Crippen molar-refractivity contribution in [2.24, 2.45) is 0 Å². The molecule has 0 amide bonds. The molecule has 0 aliphatic rings. The van der Waals surface area contributed by atoms with E-state index in [0.29, 0.717) is 22.5 Å². The first-order valence-corrected chi connectivity index (χ1v) is 7.56. The Balaban J connectivity index is 2.19. The van der Waals surface area contributed by atoms with Gasteiger partial charge in [-0.2, -0.15) is 0 Å². The van der Waals surface area contributed by atoms with Crippen molar-refractivity contribution in [2.45, 2.75) is 26.3 Å². The van der Waals surface area contributed by atoms with Gasteiger partial charge in [0.15, 0.2) is 0 Å². The topological polar surface area (TPSA) is 55.1 Å². The standard InChI is InChI=1S/C18H17FN2O2/c1-2-9-21-16-8-7-12(11-17(22)23)10-15(16)20-18(21)13-5-3-4-6-14(13)19/h3-8,10H,2,9,11H2,1H3,(H,22,23). The fourth-order valence-corrected chi connectivity index (χ4v) is 2.76. The normalized spacial score (nSPS) is 11.0. The van der Waals surface area contributed by atoms with Crippen LogP contribution in [0.3, 0.4) is 0 Å². The Bertz CT molecular complexity index is 871. The number of rotatable bonds is 5. The van der Waals surface area contributed by atoms with E-state index in [-0.39, 0.29) is 12.2 Å². The van der Waals surface area contributed by atoms with Gasteiger partial charge in [0, 0.05) is 6.54 Å². The average Bonchev–Trinajstić information content (AvgIpc) is 2.85. The van der Waals surface area contributed by atoms with Gasteiger partial charge in [-0.1, -0.05) is 25.1 Å². The maximum absolute atomic E-state index is 14.1. The molecule has 23 heavy (non-hydrogen) atoms. The maximum atomic E-state index is 14.1. The molecular weight excluding hydrogens is 295 g/mol. The number of hydrogen-bond acceptors (Lipinski definition) is 2. The summed E-state index contributed by atoms with van der Waals surface area (Å²) in [4.78, 5) is 15.4. The molecule has 3 aromatic rings. The van der Waals surface area contributed by atoms with E-state index in [1.807, 2.05) is 10.6 Å². The second kappa shape index (κ2) is 6.20. The molecule has 0 bridgehead atoms. The van der Waals surface area contributed by atoms with Crippen molar-refractivity contribution in [1.82, 2.24) is 9.55 Å². The van der Waals surface area contributed by atoms with Crippen molar-refractivity contribution in [3.63, 3.8) is 0 Å². The lowest BCUT2D eigenvalue weighted by Crippen LogP contribution is -2.01. The number of hydrogen-bond donors (Lipinski definition) is 1. The Hall–Kier alpha value is -2.69. The summed E-state index contributed by atoms with van der Waals surface area (Å²) in [5, 5.41) is 8.92. The van der Waals surface area contributed by atoms with Gasteiger partial charge in [0.05, 0.1) is 23.0 Å². The van der Waals surface area contributed by atoms with Crippen LogP contribution >= 0.6 is 0 Å². The van der Waals surface area contributed by atoms with Crippen LogP contribution in [0.4, 0.5) is 4.39 Å². The van der Waals surface area contributed by atoms with E-state index in [4.69, 9.17) is 5.11 Å². The number of benzene rings is 2. The van der Waals surface area contributed by atoms with Gasteiger partial charge in [0.1, 0.15) is 11.6 Å². The minimum atomic E-state index is -0.883. The quantitative estimate of drug-likeness (QED) is 0.778. The van der Waals surface area contributed by atoms with Gasteiger partial charge in [-0.3, -0.25) is 4.79 Å². The van der Waals surface area contributed by atoms with Crippen LogP contribution in [0.5, 0.6) is 0 Å². The highest BCUT2D eigenvalue weighted by molar-refractivity contribution is 5.82. The van der Waals surface area contributed by atoms with Gasteiger partial charge in [0.2, 0.25) is 0 Å². The molecule has 1 aromatic heterocycles. The Morgan fingerprint density at radius 3 is 2.74 bits per heavy atom. The van der Waals surface area contributed by atoms with Crippen molar-refractivity contribution in [3.05, 3.63) is 53.8 Å².